The van der Waals surface area contributed by atoms with E-state index in [2.05, 4.69) is 25.5 Å². The SMILES string of the molecule is O=C(Cc1cc(Br)cc2c1OCC2)c1csnn1. The average Bonchev–Trinajstić information content (AvgIpc) is 2.98. The van der Waals surface area contributed by atoms with E-state index < -0.39 is 0 Å². The number of rotatable bonds is 3. The van der Waals surface area contributed by atoms with E-state index in [1.165, 1.54) is 11.5 Å². The highest BCUT2D eigenvalue weighted by molar-refractivity contribution is 9.10. The molecule has 0 atom stereocenters. The Morgan fingerprint density at radius 3 is 3.17 bits per heavy atom. The molecule has 6 heteroatoms. The standard InChI is InChI=1S/C12H9BrN2O2S/c13-9-3-7-1-2-17-12(7)8(4-9)5-11(16)10-6-18-15-14-10/h3-4,6H,1-2,5H2. The maximum Gasteiger partial charge on any atom is 0.188 e. The summed E-state index contributed by atoms with van der Waals surface area (Å²) in [5.74, 6) is 0.828. The second kappa shape index (κ2) is 4.78. The number of hydrogen-bond acceptors (Lipinski definition) is 5. The van der Waals surface area contributed by atoms with Gasteiger partial charge >= 0.3 is 0 Å². The summed E-state index contributed by atoms with van der Waals surface area (Å²) in [5.41, 5.74) is 2.49. The summed E-state index contributed by atoms with van der Waals surface area (Å²) in [6, 6.07) is 3.97. The highest BCUT2D eigenvalue weighted by Crippen LogP contribution is 2.33. The molecular weight excluding hydrogens is 316 g/mol. The molecule has 1 aromatic carbocycles. The third-order valence-corrected chi connectivity index (χ3v) is 3.78. The summed E-state index contributed by atoms with van der Waals surface area (Å²) in [6.45, 7) is 0.686. The zero-order chi connectivity index (χ0) is 12.5. The molecule has 0 unspecified atom stereocenters. The fraction of sp³-hybridized carbons (Fsp3) is 0.250. The number of hydrogen-bond donors (Lipinski definition) is 0. The summed E-state index contributed by atoms with van der Waals surface area (Å²) >= 11 is 4.65. The van der Waals surface area contributed by atoms with Gasteiger partial charge in [0.05, 0.1) is 6.61 Å². The van der Waals surface area contributed by atoms with Gasteiger partial charge < -0.3 is 4.74 Å². The van der Waals surface area contributed by atoms with Crippen LogP contribution in [0.1, 0.15) is 21.6 Å². The highest BCUT2D eigenvalue weighted by Gasteiger charge is 2.20. The van der Waals surface area contributed by atoms with Crippen LogP contribution in [0, 0.1) is 0 Å². The van der Waals surface area contributed by atoms with Gasteiger partial charge in [-0.2, -0.15) is 0 Å². The largest absolute Gasteiger partial charge is 0.493 e. The van der Waals surface area contributed by atoms with E-state index in [-0.39, 0.29) is 5.78 Å². The zero-order valence-electron chi connectivity index (χ0n) is 9.35. The third-order valence-electron chi connectivity index (χ3n) is 2.82. The van der Waals surface area contributed by atoms with Gasteiger partial charge in [0.25, 0.3) is 0 Å². The van der Waals surface area contributed by atoms with Crippen molar-refractivity contribution in [2.24, 2.45) is 0 Å². The Balaban J connectivity index is 1.91. The third kappa shape index (κ3) is 2.18. The number of Topliss-reactive ketones (excluding diaryl/α,β-unsaturated/α-hetero) is 1. The molecule has 0 fully saturated rings. The summed E-state index contributed by atoms with van der Waals surface area (Å²) in [6.07, 6.45) is 1.20. The van der Waals surface area contributed by atoms with E-state index in [1.807, 2.05) is 12.1 Å². The average molecular weight is 325 g/mol. The molecule has 4 nitrogen and oxygen atoms in total. The van der Waals surface area contributed by atoms with Crippen molar-refractivity contribution in [1.82, 2.24) is 9.59 Å². The number of ketones is 1. The minimum Gasteiger partial charge on any atom is -0.493 e. The smallest absolute Gasteiger partial charge is 0.188 e. The van der Waals surface area contributed by atoms with Crippen LogP contribution < -0.4 is 4.74 Å². The number of carbonyl (C=O) groups is 1. The Morgan fingerprint density at radius 2 is 2.39 bits per heavy atom. The van der Waals surface area contributed by atoms with Crippen molar-refractivity contribution in [3.8, 4) is 5.75 Å². The minimum absolute atomic E-state index is 0.0282. The number of aromatic nitrogens is 2. The van der Waals surface area contributed by atoms with E-state index in [1.54, 1.807) is 5.38 Å². The van der Waals surface area contributed by atoms with Crippen molar-refractivity contribution in [2.45, 2.75) is 12.8 Å². The van der Waals surface area contributed by atoms with Gasteiger partial charge in [0.2, 0.25) is 0 Å². The van der Waals surface area contributed by atoms with Crippen molar-refractivity contribution in [1.29, 1.82) is 0 Å². The van der Waals surface area contributed by atoms with E-state index in [0.29, 0.717) is 18.7 Å². The van der Waals surface area contributed by atoms with Crippen LogP contribution in [0.4, 0.5) is 0 Å². The number of halogens is 1. The summed E-state index contributed by atoms with van der Waals surface area (Å²) in [5, 5.41) is 5.46. The monoisotopic (exact) mass is 324 g/mol. The van der Waals surface area contributed by atoms with Crippen LogP contribution >= 0.6 is 27.5 Å². The zero-order valence-corrected chi connectivity index (χ0v) is 11.8. The molecule has 1 aliphatic rings. The van der Waals surface area contributed by atoms with Crippen molar-refractivity contribution in [3.05, 3.63) is 38.8 Å². The first-order valence-corrected chi connectivity index (χ1v) is 7.11. The van der Waals surface area contributed by atoms with E-state index in [0.717, 1.165) is 27.8 Å². The van der Waals surface area contributed by atoms with Crippen LogP contribution in [0.3, 0.4) is 0 Å². The number of nitrogens with zero attached hydrogens (tertiary/aromatic N) is 2. The van der Waals surface area contributed by atoms with Gasteiger partial charge in [-0.25, -0.2) is 0 Å². The minimum atomic E-state index is -0.0282. The summed E-state index contributed by atoms with van der Waals surface area (Å²) in [7, 11) is 0. The normalized spacial score (nSPS) is 13.2. The molecule has 0 amide bonds. The van der Waals surface area contributed by atoms with Gasteiger partial charge in [-0.1, -0.05) is 20.4 Å². The molecule has 0 aliphatic carbocycles. The lowest BCUT2D eigenvalue weighted by atomic mass is 10.0. The van der Waals surface area contributed by atoms with Gasteiger partial charge in [0.15, 0.2) is 5.78 Å². The first-order chi connectivity index (χ1) is 8.74. The molecule has 0 N–H and O–H groups in total. The Labute approximate surface area is 116 Å². The van der Waals surface area contributed by atoms with E-state index in [9.17, 15) is 4.79 Å². The van der Waals surface area contributed by atoms with Crippen LogP contribution in [0.5, 0.6) is 5.75 Å². The molecule has 1 aliphatic heterocycles. The number of carbonyl (C=O) groups excluding carboxylic acids is 1. The second-order valence-corrected chi connectivity index (χ2v) is 5.57. The fourth-order valence-electron chi connectivity index (χ4n) is 2.03. The van der Waals surface area contributed by atoms with Crippen molar-refractivity contribution in [2.75, 3.05) is 6.61 Å². The molecular formula is C12H9BrN2O2S. The summed E-state index contributed by atoms with van der Waals surface area (Å²) in [4.78, 5) is 12.0. The van der Waals surface area contributed by atoms with Gasteiger partial charge in [-0.15, -0.1) is 5.10 Å². The second-order valence-electron chi connectivity index (χ2n) is 4.04. The van der Waals surface area contributed by atoms with Gasteiger partial charge in [0, 0.05) is 28.3 Å². The fourth-order valence-corrected chi connectivity index (χ4v) is 3.04. The van der Waals surface area contributed by atoms with Crippen LogP contribution in [0.25, 0.3) is 0 Å². The maximum atomic E-state index is 12.0. The molecule has 18 heavy (non-hydrogen) atoms. The topological polar surface area (TPSA) is 52.1 Å². The lowest BCUT2D eigenvalue weighted by molar-refractivity contribution is 0.0987. The predicted molar refractivity (Wildman–Crippen MR) is 71.3 cm³/mol. The maximum absolute atomic E-state index is 12.0. The Hall–Kier alpha value is -1.27. The van der Waals surface area contributed by atoms with Crippen molar-refractivity contribution in [3.63, 3.8) is 0 Å². The molecule has 0 saturated heterocycles. The quantitative estimate of drug-likeness (QED) is 0.814. The molecule has 0 bridgehead atoms. The molecule has 0 saturated carbocycles. The first kappa shape index (κ1) is 11.8. The predicted octanol–water partition coefficient (Wildman–Crippen LogP) is 2.66. The molecule has 92 valence electrons. The Kier molecular flexibility index (Phi) is 3.13. The lowest BCUT2D eigenvalue weighted by Crippen LogP contribution is -2.05. The van der Waals surface area contributed by atoms with Gasteiger partial charge in [-0.05, 0) is 29.2 Å². The van der Waals surface area contributed by atoms with Crippen LogP contribution in [-0.2, 0) is 12.8 Å². The van der Waals surface area contributed by atoms with Gasteiger partial charge in [0.1, 0.15) is 11.4 Å². The van der Waals surface area contributed by atoms with Crippen LogP contribution in [0.15, 0.2) is 22.0 Å². The highest BCUT2D eigenvalue weighted by atomic mass is 79.9. The van der Waals surface area contributed by atoms with Crippen LogP contribution in [0.2, 0.25) is 0 Å². The number of benzene rings is 1. The number of ether oxygens (including phenoxy) is 1. The van der Waals surface area contributed by atoms with Crippen molar-refractivity contribution < 1.29 is 9.53 Å². The van der Waals surface area contributed by atoms with Gasteiger partial charge in [-0.3, -0.25) is 4.79 Å². The van der Waals surface area contributed by atoms with Crippen LogP contribution in [-0.4, -0.2) is 22.0 Å². The van der Waals surface area contributed by atoms with E-state index >= 15 is 0 Å². The van der Waals surface area contributed by atoms with Crippen molar-refractivity contribution >= 4 is 33.2 Å². The molecule has 3 rings (SSSR count). The lowest BCUT2D eigenvalue weighted by Gasteiger charge is -2.07. The number of fused-ring (bicyclic) bond motifs is 1. The molecule has 1 aromatic heterocycles. The summed E-state index contributed by atoms with van der Waals surface area (Å²) < 4.78 is 10.3. The molecule has 0 spiro atoms. The van der Waals surface area contributed by atoms with E-state index in [4.69, 9.17) is 4.74 Å². The molecule has 0 radical (unpaired) electrons. The first-order valence-electron chi connectivity index (χ1n) is 5.48. The molecule has 2 aromatic rings. The Bertz CT molecular complexity index is 598. The Morgan fingerprint density at radius 1 is 1.50 bits per heavy atom. The molecule has 2 heterocycles.